The molecule has 31 heavy (non-hydrogen) atoms. The average Bonchev–Trinajstić information content (AvgIpc) is 2.81. The Labute approximate surface area is 182 Å². The Morgan fingerprint density at radius 1 is 0.710 bits per heavy atom. The first-order valence-electron chi connectivity index (χ1n) is 10.8. The van der Waals surface area contributed by atoms with E-state index in [1.54, 1.807) is 36.4 Å². The minimum atomic E-state index is -4.22. The molecule has 0 atom stereocenters. The minimum Gasteiger partial charge on any atom is -0.367 e. The second-order valence-corrected chi connectivity index (χ2v) is 10.0. The van der Waals surface area contributed by atoms with E-state index in [-0.39, 0.29) is 27.5 Å². The fourth-order valence-electron chi connectivity index (χ4n) is 4.84. The maximum Gasteiger partial charge on any atom is 0.270 e. The molecular formula is C24H24N2O4S. The summed E-state index contributed by atoms with van der Waals surface area (Å²) < 4.78 is 29.3. The van der Waals surface area contributed by atoms with Crippen molar-refractivity contribution < 1.29 is 18.0 Å². The molecule has 0 aromatic heterocycles. The second kappa shape index (κ2) is 7.64. The molecule has 0 bridgehead atoms. The summed E-state index contributed by atoms with van der Waals surface area (Å²) in [6.07, 6.45) is 4.22. The number of piperidine rings is 1. The molecule has 2 aromatic carbocycles. The van der Waals surface area contributed by atoms with Crippen LogP contribution in [0.15, 0.2) is 59.1 Å². The molecule has 1 saturated heterocycles. The third kappa shape index (κ3) is 3.19. The Bertz CT molecular complexity index is 1210. The third-order valence-electron chi connectivity index (χ3n) is 6.34. The number of rotatable bonds is 3. The highest BCUT2D eigenvalue weighted by molar-refractivity contribution is 7.97. The summed E-state index contributed by atoms with van der Waals surface area (Å²) in [7, 11) is -4.22. The van der Waals surface area contributed by atoms with Crippen molar-refractivity contribution in [2.75, 3.05) is 23.9 Å². The van der Waals surface area contributed by atoms with Crippen molar-refractivity contribution in [1.29, 1.82) is 0 Å². The number of Topliss-reactive ketones (excluding diaryl/α,β-unsaturated/α-hetero) is 2. The Morgan fingerprint density at radius 3 is 2.10 bits per heavy atom. The summed E-state index contributed by atoms with van der Waals surface area (Å²) in [6, 6.07) is 13.9. The van der Waals surface area contributed by atoms with Crippen LogP contribution >= 0.6 is 0 Å². The smallest absolute Gasteiger partial charge is 0.270 e. The highest BCUT2D eigenvalue weighted by atomic mass is 32.2. The highest BCUT2D eigenvalue weighted by Crippen LogP contribution is 2.37. The Morgan fingerprint density at radius 2 is 1.35 bits per heavy atom. The largest absolute Gasteiger partial charge is 0.367 e. The summed E-state index contributed by atoms with van der Waals surface area (Å²) in [5.74, 6) is -0.959. The van der Waals surface area contributed by atoms with E-state index < -0.39 is 15.8 Å². The lowest BCUT2D eigenvalue weighted by molar-refractivity contribution is 0.0939. The molecule has 1 fully saturated rings. The Hall–Kier alpha value is -2.93. The number of hydrogen-bond donors (Lipinski definition) is 0. The number of carbonyl (C=O) groups excluding carboxylic acids is 2. The number of benzene rings is 2. The van der Waals surface area contributed by atoms with Gasteiger partial charge in [0, 0.05) is 30.8 Å². The van der Waals surface area contributed by atoms with Gasteiger partial charge in [-0.15, -0.1) is 0 Å². The van der Waals surface area contributed by atoms with Gasteiger partial charge in [0.15, 0.2) is 4.91 Å². The maximum absolute atomic E-state index is 14.0. The van der Waals surface area contributed by atoms with Gasteiger partial charge in [0.05, 0.1) is 5.69 Å². The normalized spacial score (nSPS) is 19.4. The van der Waals surface area contributed by atoms with Crippen LogP contribution in [0.2, 0.25) is 0 Å². The van der Waals surface area contributed by atoms with Gasteiger partial charge in [-0.3, -0.25) is 13.9 Å². The highest BCUT2D eigenvalue weighted by Gasteiger charge is 2.44. The zero-order valence-electron chi connectivity index (χ0n) is 17.2. The first-order valence-corrected chi connectivity index (χ1v) is 12.2. The monoisotopic (exact) mass is 436 g/mol. The summed E-state index contributed by atoms with van der Waals surface area (Å²) in [4.78, 5) is 28.5. The number of hydrogen-bond acceptors (Lipinski definition) is 5. The Kier molecular flexibility index (Phi) is 4.93. The number of sulfonamides is 1. The van der Waals surface area contributed by atoms with Crippen molar-refractivity contribution >= 4 is 27.3 Å². The zero-order valence-corrected chi connectivity index (χ0v) is 18.0. The third-order valence-corrected chi connectivity index (χ3v) is 8.19. The van der Waals surface area contributed by atoms with Gasteiger partial charge in [0.1, 0.15) is 5.70 Å². The van der Waals surface area contributed by atoms with Gasteiger partial charge in [-0.05, 0) is 43.7 Å². The van der Waals surface area contributed by atoms with Crippen LogP contribution in [0.5, 0.6) is 0 Å². The number of para-hydroxylation sites is 1. The Balaban J connectivity index is 1.72. The van der Waals surface area contributed by atoms with Gasteiger partial charge >= 0.3 is 0 Å². The number of ketones is 2. The number of allylic oxidation sites excluding steroid dienone is 2. The predicted molar refractivity (Wildman–Crippen MR) is 119 cm³/mol. The first-order chi connectivity index (χ1) is 15.0. The summed E-state index contributed by atoms with van der Waals surface area (Å²) >= 11 is 0. The van der Waals surface area contributed by atoms with Crippen molar-refractivity contribution in [3.8, 4) is 0 Å². The minimum absolute atomic E-state index is 0.0476. The van der Waals surface area contributed by atoms with Gasteiger partial charge in [-0.1, -0.05) is 42.5 Å². The number of carbonyl (C=O) groups is 2. The van der Waals surface area contributed by atoms with Crippen molar-refractivity contribution in [2.45, 2.75) is 32.1 Å². The number of fused-ring (bicyclic) bond motifs is 2. The molecule has 0 saturated carbocycles. The van der Waals surface area contributed by atoms with E-state index in [2.05, 4.69) is 0 Å². The molecule has 0 radical (unpaired) electrons. The lowest BCUT2D eigenvalue weighted by atomic mass is 9.91. The van der Waals surface area contributed by atoms with E-state index in [1.165, 1.54) is 4.31 Å². The van der Waals surface area contributed by atoms with Gasteiger partial charge in [-0.25, -0.2) is 8.42 Å². The van der Waals surface area contributed by atoms with Gasteiger partial charge in [0.25, 0.3) is 10.0 Å². The molecule has 0 unspecified atom stereocenters. The van der Waals surface area contributed by atoms with Crippen LogP contribution in [-0.2, 0) is 16.4 Å². The molecule has 0 spiro atoms. The van der Waals surface area contributed by atoms with Crippen molar-refractivity contribution in [1.82, 2.24) is 4.90 Å². The molecule has 5 rings (SSSR count). The SMILES string of the molecule is O=C1C(N2CCCCC2)=C(S(=O)(=O)N2CCCc3ccccc32)C(=O)c2ccccc21. The van der Waals surface area contributed by atoms with E-state index in [0.717, 1.165) is 31.2 Å². The van der Waals surface area contributed by atoms with E-state index >= 15 is 0 Å². The van der Waals surface area contributed by atoms with E-state index in [4.69, 9.17) is 0 Å². The van der Waals surface area contributed by atoms with Crippen molar-refractivity contribution in [3.63, 3.8) is 0 Å². The molecule has 160 valence electrons. The van der Waals surface area contributed by atoms with Crippen LogP contribution in [0.4, 0.5) is 5.69 Å². The zero-order chi connectivity index (χ0) is 21.6. The predicted octanol–water partition coefficient (Wildman–Crippen LogP) is 3.55. The average molecular weight is 437 g/mol. The second-order valence-electron chi connectivity index (χ2n) is 8.24. The summed E-state index contributed by atoms with van der Waals surface area (Å²) in [6.45, 7) is 1.44. The standard InChI is InChI=1S/C24H24N2O4S/c27-22-18-11-3-4-12-19(18)23(28)24(21(22)25-14-6-1-7-15-25)31(29,30)26-16-8-10-17-9-2-5-13-20(17)26/h2-5,9,11-13H,1,6-8,10,14-16H2. The fraction of sp³-hybridized carbons (Fsp3) is 0.333. The number of anilines is 1. The first kappa shape index (κ1) is 20.0. The van der Waals surface area contributed by atoms with Crippen molar-refractivity contribution in [3.05, 3.63) is 75.8 Å². The van der Waals surface area contributed by atoms with E-state index in [1.807, 2.05) is 17.0 Å². The molecular weight excluding hydrogens is 412 g/mol. The van der Waals surface area contributed by atoms with Crippen LogP contribution in [0, 0.1) is 0 Å². The molecule has 2 aliphatic heterocycles. The molecule has 2 aromatic rings. The van der Waals surface area contributed by atoms with Crippen LogP contribution < -0.4 is 4.31 Å². The van der Waals surface area contributed by atoms with Gasteiger partial charge in [-0.2, -0.15) is 0 Å². The quantitative estimate of drug-likeness (QED) is 0.736. The number of aryl methyl sites for hydroxylation is 1. The molecule has 7 heteroatoms. The van der Waals surface area contributed by atoms with E-state index in [9.17, 15) is 18.0 Å². The van der Waals surface area contributed by atoms with Gasteiger partial charge in [0.2, 0.25) is 11.6 Å². The topological polar surface area (TPSA) is 74.8 Å². The van der Waals surface area contributed by atoms with Crippen molar-refractivity contribution in [2.24, 2.45) is 0 Å². The van der Waals surface area contributed by atoms with Crippen LogP contribution in [0.25, 0.3) is 0 Å². The molecule has 1 aliphatic carbocycles. The van der Waals surface area contributed by atoms with Crippen LogP contribution in [0.3, 0.4) is 0 Å². The van der Waals surface area contributed by atoms with Gasteiger partial charge < -0.3 is 4.90 Å². The summed E-state index contributed by atoms with van der Waals surface area (Å²) in [5.41, 5.74) is 2.03. The molecule has 0 N–H and O–H groups in total. The van der Waals surface area contributed by atoms with Crippen LogP contribution in [-0.4, -0.2) is 44.5 Å². The lowest BCUT2D eigenvalue weighted by Gasteiger charge is -2.36. The molecule has 0 amide bonds. The molecule has 3 aliphatic rings. The summed E-state index contributed by atoms with van der Waals surface area (Å²) in [5, 5.41) is 0. The molecule has 6 nitrogen and oxygen atoms in total. The maximum atomic E-state index is 14.0. The molecule has 2 heterocycles. The number of nitrogens with zero attached hydrogens (tertiary/aromatic N) is 2. The lowest BCUT2D eigenvalue weighted by Crippen LogP contribution is -2.44. The fourth-order valence-corrected chi connectivity index (χ4v) is 6.68. The number of likely N-dealkylation sites (tertiary alicyclic amines) is 1. The van der Waals surface area contributed by atoms with E-state index in [0.29, 0.717) is 31.7 Å². The van der Waals surface area contributed by atoms with Crippen LogP contribution in [0.1, 0.15) is 52.0 Å².